The van der Waals surface area contributed by atoms with Gasteiger partial charge >= 0.3 is 12.1 Å². The van der Waals surface area contributed by atoms with Crippen LogP contribution in [0, 0.1) is 6.92 Å². The Hall–Kier alpha value is -2.31. The van der Waals surface area contributed by atoms with Crippen molar-refractivity contribution < 1.29 is 19.4 Å². The molecule has 1 aromatic heterocycles. The Morgan fingerprint density at radius 1 is 1.22 bits per heavy atom. The van der Waals surface area contributed by atoms with Crippen molar-refractivity contribution in [1.82, 2.24) is 9.88 Å². The Morgan fingerprint density at radius 2 is 1.83 bits per heavy atom. The molecule has 2 rings (SSSR count). The van der Waals surface area contributed by atoms with Crippen molar-refractivity contribution in [3.63, 3.8) is 0 Å². The molecule has 1 amide bonds. The monoisotopic (exact) mass is 321 g/mol. The molecular weight excluding hydrogens is 298 g/mol. The lowest BCUT2D eigenvalue weighted by molar-refractivity contribution is 0.0240. The molecule has 7 nitrogen and oxygen atoms in total. The first-order valence-electron chi connectivity index (χ1n) is 7.60. The normalized spacial score (nSPS) is 15.5. The van der Waals surface area contributed by atoms with Gasteiger partial charge in [-0.15, -0.1) is 0 Å². The van der Waals surface area contributed by atoms with Crippen LogP contribution in [0.4, 0.5) is 10.6 Å². The van der Waals surface area contributed by atoms with Gasteiger partial charge in [-0.05, 0) is 39.3 Å². The number of amides is 1. The average molecular weight is 321 g/mol. The van der Waals surface area contributed by atoms with E-state index in [2.05, 4.69) is 9.88 Å². The first-order chi connectivity index (χ1) is 10.7. The van der Waals surface area contributed by atoms with Gasteiger partial charge in [0.2, 0.25) is 0 Å². The lowest BCUT2D eigenvalue weighted by atomic mass is 10.2. The second-order valence-electron chi connectivity index (χ2n) is 6.62. The molecule has 0 spiro atoms. The number of nitrogens with zero attached hydrogens (tertiary/aromatic N) is 3. The number of carboxylic acid groups (broad SMARTS) is 1. The van der Waals surface area contributed by atoms with Gasteiger partial charge in [-0.2, -0.15) is 0 Å². The molecule has 1 aliphatic heterocycles. The maximum atomic E-state index is 12.0. The number of anilines is 1. The van der Waals surface area contributed by atoms with Gasteiger partial charge in [0, 0.05) is 32.4 Å². The highest BCUT2D eigenvalue weighted by atomic mass is 16.6. The molecule has 0 aliphatic carbocycles. The number of carboxylic acids is 1. The molecule has 0 aromatic carbocycles. The van der Waals surface area contributed by atoms with E-state index in [9.17, 15) is 9.59 Å². The van der Waals surface area contributed by atoms with E-state index >= 15 is 0 Å². The van der Waals surface area contributed by atoms with Crippen LogP contribution in [-0.2, 0) is 4.74 Å². The van der Waals surface area contributed by atoms with E-state index in [1.165, 1.54) is 6.20 Å². The van der Waals surface area contributed by atoms with Crippen LogP contribution in [0.3, 0.4) is 0 Å². The summed E-state index contributed by atoms with van der Waals surface area (Å²) >= 11 is 0. The SMILES string of the molecule is Cc1cc(C(=O)O)cnc1N1CCN(C(=O)OC(C)(C)C)CC1. The Labute approximate surface area is 135 Å². The van der Waals surface area contributed by atoms with Crippen LogP contribution in [-0.4, -0.2) is 58.8 Å². The summed E-state index contributed by atoms with van der Waals surface area (Å²) in [7, 11) is 0. The fourth-order valence-electron chi connectivity index (χ4n) is 2.44. The van der Waals surface area contributed by atoms with E-state index in [4.69, 9.17) is 9.84 Å². The maximum Gasteiger partial charge on any atom is 0.410 e. The number of carbonyl (C=O) groups excluding carboxylic acids is 1. The van der Waals surface area contributed by atoms with Crippen LogP contribution in [0.15, 0.2) is 12.3 Å². The molecule has 1 fully saturated rings. The Morgan fingerprint density at radius 3 is 2.30 bits per heavy atom. The highest BCUT2D eigenvalue weighted by Gasteiger charge is 2.26. The molecule has 1 N–H and O–H groups in total. The zero-order valence-corrected chi connectivity index (χ0v) is 14.0. The molecule has 2 heterocycles. The van der Waals surface area contributed by atoms with Gasteiger partial charge in [0.15, 0.2) is 0 Å². The quantitative estimate of drug-likeness (QED) is 0.898. The zero-order chi connectivity index (χ0) is 17.2. The number of piperazine rings is 1. The Balaban J connectivity index is 1.99. The third-order valence-electron chi connectivity index (χ3n) is 3.53. The van der Waals surface area contributed by atoms with Crippen molar-refractivity contribution >= 4 is 17.9 Å². The van der Waals surface area contributed by atoms with E-state index in [0.29, 0.717) is 26.2 Å². The highest BCUT2D eigenvalue weighted by molar-refractivity contribution is 5.87. The fourth-order valence-corrected chi connectivity index (χ4v) is 2.44. The predicted octanol–water partition coefficient (Wildman–Crippen LogP) is 2.15. The summed E-state index contributed by atoms with van der Waals surface area (Å²) in [6, 6.07) is 1.62. The van der Waals surface area contributed by atoms with Gasteiger partial charge < -0.3 is 19.6 Å². The van der Waals surface area contributed by atoms with Gasteiger partial charge in [-0.1, -0.05) is 0 Å². The summed E-state index contributed by atoms with van der Waals surface area (Å²) in [5, 5.41) is 8.99. The number of hydrogen-bond donors (Lipinski definition) is 1. The Kier molecular flexibility index (Phi) is 4.77. The summed E-state index contributed by atoms with van der Waals surface area (Å²) in [6.45, 7) is 9.76. The van der Waals surface area contributed by atoms with Crippen LogP contribution >= 0.6 is 0 Å². The van der Waals surface area contributed by atoms with Crippen molar-refractivity contribution in [2.45, 2.75) is 33.3 Å². The van der Waals surface area contributed by atoms with Gasteiger partial charge in [0.25, 0.3) is 0 Å². The minimum Gasteiger partial charge on any atom is -0.478 e. The number of aromatic nitrogens is 1. The number of carbonyl (C=O) groups is 2. The molecule has 1 saturated heterocycles. The maximum absolute atomic E-state index is 12.0. The van der Waals surface area contributed by atoms with Gasteiger partial charge in [-0.3, -0.25) is 0 Å². The lowest BCUT2D eigenvalue weighted by Crippen LogP contribution is -2.50. The molecule has 23 heavy (non-hydrogen) atoms. The number of hydrogen-bond acceptors (Lipinski definition) is 5. The Bertz CT molecular complexity index is 602. The van der Waals surface area contributed by atoms with E-state index in [1.807, 2.05) is 27.7 Å². The van der Waals surface area contributed by atoms with Crippen LogP contribution in [0.2, 0.25) is 0 Å². The minimum atomic E-state index is -0.984. The van der Waals surface area contributed by atoms with Gasteiger partial charge in [0.05, 0.1) is 5.56 Å². The molecule has 0 bridgehead atoms. The molecule has 1 aromatic rings. The van der Waals surface area contributed by atoms with E-state index in [1.54, 1.807) is 11.0 Å². The molecule has 0 unspecified atom stereocenters. The van der Waals surface area contributed by atoms with Crippen molar-refractivity contribution in [2.24, 2.45) is 0 Å². The second kappa shape index (κ2) is 6.44. The number of ether oxygens (including phenoxy) is 1. The summed E-state index contributed by atoms with van der Waals surface area (Å²) < 4.78 is 5.37. The lowest BCUT2D eigenvalue weighted by Gasteiger charge is -2.36. The molecule has 0 saturated carbocycles. The second-order valence-corrected chi connectivity index (χ2v) is 6.62. The van der Waals surface area contributed by atoms with Crippen LogP contribution in [0.5, 0.6) is 0 Å². The molecule has 0 radical (unpaired) electrons. The number of aryl methyl sites for hydroxylation is 1. The topological polar surface area (TPSA) is 83.0 Å². The molecule has 0 atom stereocenters. The smallest absolute Gasteiger partial charge is 0.410 e. The predicted molar refractivity (Wildman–Crippen MR) is 86.0 cm³/mol. The largest absolute Gasteiger partial charge is 0.478 e. The van der Waals surface area contributed by atoms with Crippen molar-refractivity contribution in [1.29, 1.82) is 0 Å². The third kappa shape index (κ3) is 4.34. The minimum absolute atomic E-state index is 0.179. The number of pyridine rings is 1. The summed E-state index contributed by atoms with van der Waals surface area (Å²) in [5.41, 5.74) is 0.494. The van der Waals surface area contributed by atoms with Crippen molar-refractivity contribution in [3.05, 3.63) is 23.4 Å². The zero-order valence-electron chi connectivity index (χ0n) is 14.0. The number of aromatic carboxylic acids is 1. The van der Waals surface area contributed by atoms with E-state index < -0.39 is 11.6 Å². The fraction of sp³-hybridized carbons (Fsp3) is 0.562. The highest BCUT2D eigenvalue weighted by Crippen LogP contribution is 2.20. The van der Waals surface area contributed by atoms with Gasteiger partial charge in [-0.25, -0.2) is 14.6 Å². The molecule has 126 valence electrons. The van der Waals surface area contributed by atoms with E-state index in [-0.39, 0.29) is 11.7 Å². The summed E-state index contributed by atoms with van der Waals surface area (Å²) in [4.78, 5) is 31.0. The average Bonchev–Trinajstić information content (AvgIpc) is 2.45. The summed E-state index contributed by atoms with van der Waals surface area (Å²) in [5.74, 6) is -0.222. The molecular formula is C16H23N3O4. The van der Waals surface area contributed by atoms with Crippen molar-refractivity contribution in [3.8, 4) is 0 Å². The van der Waals surface area contributed by atoms with E-state index in [0.717, 1.165) is 11.4 Å². The molecule has 1 aliphatic rings. The third-order valence-corrected chi connectivity index (χ3v) is 3.53. The molecule has 7 heteroatoms. The van der Waals surface area contributed by atoms with Gasteiger partial charge in [0.1, 0.15) is 11.4 Å². The first kappa shape index (κ1) is 17.1. The standard InChI is InChI=1S/C16H23N3O4/c1-11-9-12(14(20)21)10-17-13(11)18-5-7-19(8-6-18)15(22)23-16(2,3)4/h9-10H,5-8H2,1-4H3,(H,20,21). The van der Waals surface area contributed by atoms with Crippen molar-refractivity contribution in [2.75, 3.05) is 31.1 Å². The first-order valence-corrected chi connectivity index (χ1v) is 7.60. The number of rotatable bonds is 2. The summed E-state index contributed by atoms with van der Waals surface area (Å²) in [6.07, 6.45) is 1.06. The van der Waals surface area contributed by atoms with Crippen LogP contribution in [0.1, 0.15) is 36.7 Å². The van der Waals surface area contributed by atoms with Crippen LogP contribution in [0.25, 0.3) is 0 Å². The van der Waals surface area contributed by atoms with Crippen LogP contribution < -0.4 is 4.90 Å².